The van der Waals surface area contributed by atoms with Crippen molar-refractivity contribution >= 4 is 27.4 Å². The van der Waals surface area contributed by atoms with E-state index in [0.717, 1.165) is 50.0 Å². The summed E-state index contributed by atoms with van der Waals surface area (Å²) < 4.78 is 5.47. The average molecular weight is 318 g/mol. The molecule has 0 bridgehead atoms. The van der Waals surface area contributed by atoms with Crippen LogP contribution in [0.5, 0.6) is 0 Å². The lowest BCUT2D eigenvalue weighted by molar-refractivity contribution is 0.0209. The van der Waals surface area contributed by atoms with E-state index in [1.165, 1.54) is 22.2 Å². The van der Waals surface area contributed by atoms with Crippen LogP contribution < -0.4 is 4.90 Å². The molecule has 0 saturated carbocycles. The smallest absolute Gasteiger partial charge is 0.141 e. The number of ether oxygens (including phenoxy) is 1. The molecule has 2 aromatic rings. The SMILES string of the molecule is Cc1sc2ncnc(N3CCC(N4CCOCC4)C3)c2c1C. The monoisotopic (exact) mass is 318 g/mol. The Hall–Kier alpha value is -1.24. The fraction of sp³-hybridized carbons (Fsp3) is 0.625. The van der Waals surface area contributed by atoms with Gasteiger partial charge in [-0.25, -0.2) is 9.97 Å². The van der Waals surface area contributed by atoms with Gasteiger partial charge in [0.2, 0.25) is 0 Å². The standard InChI is InChI=1S/C16H22N4OS/c1-11-12(2)22-16-14(11)15(17-10-18-16)20-4-3-13(9-20)19-5-7-21-8-6-19/h10,13H,3-9H2,1-2H3. The largest absolute Gasteiger partial charge is 0.379 e. The van der Waals surface area contributed by atoms with Gasteiger partial charge < -0.3 is 9.64 Å². The molecule has 5 nitrogen and oxygen atoms in total. The molecule has 1 unspecified atom stereocenters. The second kappa shape index (κ2) is 5.76. The predicted octanol–water partition coefficient (Wildman–Crippen LogP) is 2.22. The van der Waals surface area contributed by atoms with E-state index in [4.69, 9.17) is 4.74 Å². The van der Waals surface area contributed by atoms with Gasteiger partial charge in [-0.1, -0.05) is 0 Å². The summed E-state index contributed by atoms with van der Waals surface area (Å²) in [5.41, 5.74) is 1.34. The molecule has 4 rings (SSSR count). The Bertz CT molecular complexity index is 680. The van der Waals surface area contributed by atoms with Crippen molar-refractivity contribution in [3.05, 3.63) is 16.8 Å². The number of aryl methyl sites for hydroxylation is 2. The van der Waals surface area contributed by atoms with E-state index in [9.17, 15) is 0 Å². The molecule has 2 aliphatic heterocycles. The lowest BCUT2D eigenvalue weighted by Gasteiger charge is -2.32. The van der Waals surface area contributed by atoms with Crippen molar-refractivity contribution in [3.8, 4) is 0 Å². The number of rotatable bonds is 2. The second-order valence-corrected chi connectivity index (χ2v) is 7.40. The van der Waals surface area contributed by atoms with E-state index in [0.29, 0.717) is 6.04 Å². The number of aromatic nitrogens is 2. The summed E-state index contributed by atoms with van der Waals surface area (Å²) in [5, 5.41) is 1.26. The normalized spacial score (nSPS) is 23.5. The quantitative estimate of drug-likeness (QED) is 0.849. The van der Waals surface area contributed by atoms with Crippen molar-refractivity contribution < 1.29 is 4.74 Å². The molecule has 4 heterocycles. The molecule has 2 saturated heterocycles. The minimum atomic E-state index is 0.633. The van der Waals surface area contributed by atoms with Crippen molar-refractivity contribution in [2.24, 2.45) is 0 Å². The summed E-state index contributed by atoms with van der Waals surface area (Å²) in [6.07, 6.45) is 2.93. The maximum Gasteiger partial charge on any atom is 0.141 e. The molecule has 0 amide bonds. The Morgan fingerprint density at radius 3 is 2.82 bits per heavy atom. The number of thiophene rings is 1. The van der Waals surface area contributed by atoms with Gasteiger partial charge in [-0.2, -0.15) is 0 Å². The lowest BCUT2D eigenvalue weighted by atomic mass is 10.2. The van der Waals surface area contributed by atoms with Crippen molar-refractivity contribution in [2.45, 2.75) is 26.3 Å². The third kappa shape index (κ3) is 2.39. The van der Waals surface area contributed by atoms with Crippen LogP contribution in [0.3, 0.4) is 0 Å². The van der Waals surface area contributed by atoms with Gasteiger partial charge in [0.15, 0.2) is 0 Å². The van der Waals surface area contributed by atoms with Crippen LogP contribution in [-0.2, 0) is 4.74 Å². The zero-order valence-electron chi connectivity index (χ0n) is 13.2. The molecule has 0 aliphatic carbocycles. The maximum absolute atomic E-state index is 5.47. The molecule has 0 aromatic carbocycles. The first-order valence-electron chi connectivity index (χ1n) is 8.01. The number of nitrogens with zero attached hydrogens (tertiary/aromatic N) is 4. The maximum atomic E-state index is 5.47. The molecule has 22 heavy (non-hydrogen) atoms. The third-order valence-electron chi connectivity index (χ3n) is 4.97. The molecule has 0 spiro atoms. The van der Waals surface area contributed by atoms with Gasteiger partial charge in [0.05, 0.1) is 18.6 Å². The Morgan fingerprint density at radius 1 is 1.18 bits per heavy atom. The number of anilines is 1. The predicted molar refractivity (Wildman–Crippen MR) is 89.9 cm³/mol. The third-order valence-corrected chi connectivity index (χ3v) is 6.09. The number of hydrogen-bond acceptors (Lipinski definition) is 6. The molecule has 0 N–H and O–H groups in total. The highest BCUT2D eigenvalue weighted by Gasteiger charge is 2.30. The Balaban J connectivity index is 1.60. The van der Waals surface area contributed by atoms with Gasteiger partial charge in [-0.05, 0) is 25.8 Å². The zero-order valence-corrected chi connectivity index (χ0v) is 14.0. The molecule has 2 aromatic heterocycles. The Kier molecular flexibility index (Phi) is 3.76. The molecule has 1 atom stereocenters. The van der Waals surface area contributed by atoms with Crippen molar-refractivity contribution in [3.63, 3.8) is 0 Å². The first-order valence-corrected chi connectivity index (χ1v) is 8.83. The summed E-state index contributed by atoms with van der Waals surface area (Å²) in [6, 6.07) is 0.633. The number of hydrogen-bond donors (Lipinski definition) is 0. The number of fused-ring (bicyclic) bond motifs is 1. The minimum absolute atomic E-state index is 0.633. The first kappa shape index (κ1) is 14.4. The highest BCUT2D eigenvalue weighted by molar-refractivity contribution is 7.18. The van der Waals surface area contributed by atoms with Gasteiger partial charge in [-0.3, -0.25) is 4.90 Å². The van der Waals surface area contributed by atoms with E-state index < -0.39 is 0 Å². The Labute approximate surface area is 134 Å². The van der Waals surface area contributed by atoms with Crippen LogP contribution in [0, 0.1) is 13.8 Å². The van der Waals surface area contributed by atoms with Crippen LogP contribution in [0.4, 0.5) is 5.82 Å². The van der Waals surface area contributed by atoms with Gasteiger partial charge >= 0.3 is 0 Å². The molecule has 2 aliphatic rings. The topological polar surface area (TPSA) is 41.5 Å². The molecule has 118 valence electrons. The van der Waals surface area contributed by atoms with Crippen molar-refractivity contribution in [1.29, 1.82) is 0 Å². The second-order valence-electron chi connectivity index (χ2n) is 6.20. The van der Waals surface area contributed by atoms with E-state index in [1.807, 2.05) is 0 Å². The molecular formula is C16H22N4OS. The van der Waals surface area contributed by atoms with Gasteiger partial charge in [0, 0.05) is 37.1 Å². The summed E-state index contributed by atoms with van der Waals surface area (Å²) in [6.45, 7) is 10.4. The first-order chi connectivity index (χ1) is 10.7. The van der Waals surface area contributed by atoms with E-state index in [1.54, 1.807) is 17.7 Å². The molecule has 6 heteroatoms. The van der Waals surface area contributed by atoms with Crippen LogP contribution in [0.2, 0.25) is 0 Å². The summed E-state index contributed by atoms with van der Waals surface area (Å²) >= 11 is 1.78. The van der Waals surface area contributed by atoms with Gasteiger partial charge in [0.1, 0.15) is 17.0 Å². The summed E-state index contributed by atoms with van der Waals surface area (Å²) in [5.74, 6) is 1.13. The highest BCUT2D eigenvalue weighted by Crippen LogP contribution is 2.35. The Morgan fingerprint density at radius 2 is 2.00 bits per heavy atom. The fourth-order valence-corrected chi connectivity index (χ4v) is 4.57. The number of morpholine rings is 1. The van der Waals surface area contributed by atoms with Crippen molar-refractivity contribution in [1.82, 2.24) is 14.9 Å². The van der Waals surface area contributed by atoms with Crippen LogP contribution in [0.1, 0.15) is 16.9 Å². The fourth-order valence-electron chi connectivity index (χ4n) is 3.58. The zero-order chi connectivity index (χ0) is 15.1. The van der Waals surface area contributed by atoms with Crippen molar-refractivity contribution in [2.75, 3.05) is 44.3 Å². The van der Waals surface area contributed by atoms with Crippen LogP contribution in [0.15, 0.2) is 6.33 Å². The summed E-state index contributed by atoms with van der Waals surface area (Å²) in [7, 11) is 0. The van der Waals surface area contributed by atoms with Crippen LogP contribution >= 0.6 is 11.3 Å². The van der Waals surface area contributed by atoms with Gasteiger partial charge in [0.25, 0.3) is 0 Å². The molecular weight excluding hydrogens is 296 g/mol. The van der Waals surface area contributed by atoms with E-state index in [-0.39, 0.29) is 0 Å². The van der Waals surface area contributed by atoms with Crippen LogP contribution in [-0.4, -0.2) is 60.3 Å². The van der Waals surface area contributed by atoms with Crippen LogP contribution in [0.25, 0.3) is 10.2 Å². The summed E-state index contributed by atoms with van der Waals surface area (Å²) in [4.78, 5) is 16.6. The molecule has 2 fully saturated rings. The van der Waals surface area contributed by atoms with E-state index >= 15 is 0 Å². The van der Waals surface area contributed by atoms with Gasteiger partial charge in [-0.15, -0.1) is 11.3 Å². The molecule has 0 radical (unpaired) electrons. The highest BCUT2D eigenvalue weighted by atomic mass is 32.1. The average Bonchev–Trinajstić information content (AvgIpc) is 3.14. The lowest BCUT2D eigenvalue weighted by Crippen LogP contribution is -2.44. The minimum Gasteiger partial charge on any atom is -0.379 e. The van der Waals surface area contributed by atoms with E-state index in [2.05, 4.69) is 33.6 Å².